The molecule has 8 heteroatoms. The van der Waals surface area contributed by atoms with E-state index in [-0.39, 0.29) is 29.5 Å². The number of H-pyrrole nitrogens is 1. The molecule has 0 saturated heterocycles. The van der Waals surface area contributed by atoms with E-state index < -0.39 is 5.82 Å². The van der Waals surface area contributed by atoms with Crippen molar-refractivity contribution in [3.05, 3.63) is 78.3 Å². The van der Waals surface area contributed by atoms with Gasteiger partial charge >= 0.3 is 0 Å². The van der Waals surface area contributed by atoms with E-state index in [9.17, 15) is 9.18 Å². The van der Waals surface area contributed by atoms with Crippen molar-refractivity contribution >= 4 is 28.6 Å². The highest BCUT2D eigenvalue weighted by Gasteiger charge is 2.40. The topological polar surface area (TPSA) is 86.8 Å². The molecule has 156 valence electrons. The molecule has 7 nitrogen and oxygen atoms in total. The lowest BCUT2D eigenvalue weighted by Gasteiger charge is -2.39. The molecule has 5 rings (SSSR count). The molecule has 2 aliphatic rings. The van der Waals surface area contributed by atoms with Gasteiger partial charge in [-0.3, -0.25) is 9.69 Å². The number of carbonyl (C=O) groups excluding carboxylic acids is 1. The third-order valence-corrected chi connectivity index (χ3v) is 5.76. The van der Waals surface area contributed by atoms with Crippen LogP contribution in [0.5, 0.6) is 0 Å². The van der Waals surface area contributed by atoms with Gasteiger partial charge in [-0.2, -0.15) is 0 Å². The first-order valence-corrected chi connectivity index (χ1v) is 10.1. The molecule has 1 aliphatic heterocycles. The van der Waals surface area contributed by atoms with Gasteiger partial charge in [0.25, 0.3) is 0 Å². The van der Waals surface area contributed by atoms with E-state index in [1.165, 1.54) is 17.3 Å². The van der Waals surface area contributed by atoms with Crippen LogP contribution in [0.15, 0.2) is 72.5 Å². The van der Waals surface area contributed by atoms with Crippen molar-refractivity contribution in [2.45, 2.75) is 19.9 Å². The number of para-hydroxylation sites is 1. The number of halogens is 1. The molecule has 3 atom stereocenters. The second kappa shape index (κ2) is 7.46. The number of allylic oxidation sites excluding steroid dienone is 4. The number of hydrogen-bond acceptors (Lipinski definition) is 5. The largest absolute Gasteiger partial charge is 0.360 e. The van der Waals surface area contributed by atoms with Gasteiger partial charge in [-0.25, -0.2) is 19.3 Å². The Hall–Kier alpha value is -3.81. The number of fused-ring (bicyclic) bond motifs is 2. The van der Waals surface area contributed by atoms with Crippen molar-refractivity contribution < 1.29 is 9.18 Å². The van der Waals surface area contributed by atoms with Crippen LogP contribution in [0.1, 0.15) is 13.8 Å². The highest BCUT2D eigenvalue weighted by Crippen LogP contribution is 2.39. The quantitative estimate of drug-likeness (QED) is 0.672. The molecule has 31 heavy (non-hydrogen) atoms. The fraction of sp³-hybridized carbons (Fsp3) is 0.217. The average Bonchev–Trinajstić information content (AvgIpc) is 3.24. The van der Waals surface area contributed by atoms with Crippen molar-refractivity contribution in [2.75, 3.05) is 10.2 Å². The van der Waals surface area contributed by atoms with Crippen LogP contribution in [0.2, 0.25) is 0 Å². The molecule has 1 amide bonds. The van der Waals surface area contributed by atoms with Crippen LogP contribution < -0.4 is 10.2 Å². The number of anilines is 2. The fourth-order valence-electron chi connectivity index (χ4n) is 4.23. The summed E-state index contributed by atoms with van der Waals surface area (Å²) in [6.07, 6.45) is 10.9. The smallest absolute Gasteiger partial charge is 0.239 e. The molecule has 2 N–H and O–H groups in total. The lowest BCUT2D eigenvalue weighted by atomic mass is 9.79. The Morgan fingerprint density at radius 1 is 1.23 bits per heavy atom. The number of nitrogens with one attached hydrogen (secondary N) is 2. The lowest BCUT2D eigenvalue weighted by molar-refractivity contribution is -0.122. The molecule has 0 saturated carbocycles. The molecule has 0 spiro atoms. The van der Waals surface area contributed by atoms with E-state index in [0.29, 0.717) is 22.7 Å². The highest BCUT2D eigenvalue weighted by molar-refractivity contribution is 6.02. The molecule has 0 radical (unpaired) electrons. The van der Waals surface area contributed by atoms with Crippen LogP contribution in [0, 0.1) is 17.7 Å². The number of carbonyl (C=O) groups is 1. The van der Waals surface area contributed by atoms with Crippen LogP contribution in [0.25, 0.3) is 11.2 Å². The standard InChI is InChI=1S/C23H21FN6O/c1-13-6-5-7-15-10-18(14(2)29-22-20-21(26-11-25-20)27-12-28-22)30(23(31)19(13)15)17-9-4-3-8-16(17)24/h3-14,19H,1-2H3,(H2,25,26,27,28,29). The number of nitrogens with zero attached hydrogens (tertiary/aromatic N) is 4. The minimum absolute atomic E-state index is 0.0225. The summed E-state index contributed by atoms with van der Waals surface area (Å²) in [6.45, 7) is 3.92. The molecular formula is C23H21FN6O. The summed E-state index contributed by atoms with van der Waals surface area (Å²) < 4.78 is 14.8. The number of benzene rings is 1. The zero-order valence-electron chi connectivity index (χ0n) is 17.1. The summed E-state index contributed by atoms with van der Waals surface area (Å²) >= 11 is 0. The van der Waals surface area contributed by atoms with Crippen molar-refractivity contribution in [3.8, 4) is 0 Å². The van der Waals surface area contributed by atoms with Crippen LogP contribution >= 0.6 is 0 Å². The summed E-state index contributed by atoms with van der Waals surface area (Å²) in [4.78, 5) is 30.8. The maximum atomic E-state index is 14.8. The Labute approximate surface area is 178 Å². The van der Waals surface area contributed by atoms with Gasteiger partial charge in [0.1, 0.15) is 17.7 Å². The fourth-order valence-corrected chi connectivity index (χ4v) is 4.23. The Morgan fingerprint density at radius 3 is 2.90 bits per heavy atom. The van der Waals surface area contributed by atoms with Gasteiger partial charge < -0.3 is 10.3 Å². The average molecular weight is 416 g/mol. The number of hydrogen-bond donors (Lipinski definition) is 2. The van der Waals surface area contributed by atoms with Gasteiger partial charge in [-0.15, -0.1) is 0 Å². The summed E-state index contributed by atoms with van der Waals surface area (Å²) in [6, 6.07) is 5.99. The summed E-state index contributed by atoms with van der Waals surface area (Å²) in [5.41, 5.74) is 3.01. The summed E-state index contributed by atoms with van der Waals surface area (Å²) in [5.74, 6) is -0.356. The minimum Gasteiger partial charge on any atom is -0.360 e. The molecule has 3 unspecified atom stereocenters. The molecular weight excluding hydrogens is 395 g/mol. The lowest BCUT2D eigenvalue weighted by Crippen LogP contribution is -2.46. The maximum absolute atomic E-state index is 14.8. The number of imidazole rings is 1. The van der Waals surface area contributed by atoms with Crippen molar-refractivity contribution in [2.24, 2.45) is 11.8 Å². The number of aromatic nitrogens is 4. The Bertz CT molecular complexity index is 1260. The molecule has 2 aromatic heterocycles. The van der Waals surface area contributed by atoms with Gasteiger partial charge in [-0.1, -0.05) is 37.3 Å². The minimum atomic E-state index is -0.446. The highest BCUT2D eigenvalue weighted by atomic mass is 19.1. The van der Waals surface area contributed by atoms with E-state index in [2.05, 4.69) is 25.3 Å². The predicted octanol–water partition coefficient (Wildman–Crippen LogP) is 3.97. The Morgan fingerprint density at radius 2 is 2.06 bits per heavy atom. The van der Waals surface area contributed by atoms with Crippen LogP contribution in [0.4, 0.5) is 15.9 Å². The molecule has 1 aromatic carbocycles. The number of amides is 1. The first-order valence-electron chi connectivity index (χ1n) is 10.1. The summed E-state index contributed by atoms with van der Waals surface area (Å²) in [5, 5.41) is 3.33. The predicted molar refractivity (Wildman–Crippen MR) is 117 cm³/mol. The van der Waals surface area contributed by atoms with Gasteiger partial charge in [0.2, 0.25) is 5.91 Å². The van der Waals surface area contributed by atoms with Gasteiger partial charge in [-0.05, 0) is 36.6 Å². The Kier molecular flexibility index (Phi) is 4.62. The number of aromatic amines is 1. The van der Waals surface area contributed by atoms with Gasteiger partial charge in [0.05, 0.1) is 24.0 Å². The van der Waals surface area contributed by atoms with Crippen LogP contribution in [0.3, 0.4) is 0 Å². The van der Waals surface area contributed by atoms with Crippen LogP contribution in [-0.4, -0.2) is 31.9 Å². The third kappa shape index (κ3) is 3.20. The van der Waals surface area contributed by atoms with E-state index in [4.69, 9.17) is 0 Å². The zero-order valence-corrected chi connectivity index (χ0v) is 17.1. The maximum Gasteiger partial charge on any atom is 0.239 e. The van der Waals surface area contributed by atoms with E-state index >= 15 is 0 Å². The van der Waals surface area contributed by atoms with E-state index in [0.717, 1.165) is 5.57 Å². The third-order valence-electron chi connectivity index (χ3n) is 5.76. The number of rotatable bonds is 4. The second-order valence-electron chi connectivity index (χ2n) is 7.77. The first kappa shape index (κ1) is 19.2. The molecule has 3 aromatic rings. The normalized spacial score (nSPS) is 21.5. The first-order chi connectivity index (χ1) is 15.0. The zero-order chi connectivity index (χ0) is 21.5. The molecule has 1 aliphatic carbocycles. The molecule has 0 fully saturated rings. The van der Waals surface area contributed by atoms with Gasteiger partial charge in [0, 0.05) is 5.70 Å². The molecule has 3 heterocycles. The van der Waals surface area contributed by atoms with E-state index in [1.807, 2.05) is 38.2 Å². The van der Waals surface area contributed by atoms with Crippen LogP contribution in [-0.2, 0) is 4.79 Å². The SMILES string of the molecule is CC(Nc1ncnc2nc[nH]c12)C1=CC2=CC=CC(C)C2C(=O)N1c1ccccc1F. The van der Waals surface area contributed by atoms with Crippen molar-refractivity contribution in [1.82, 2.24) is 19.9 Å². The van der Waals surface area contributed by atoms with Gasteiger partial charge in [0.15, 0.2) is 11.5 Å². The Balaban J connectivity index is 1.60. The van der Waals surface area contributed by atoms with Crippen molar-refractivity contribution in [1.29, 1.82) is 0 Å². The van der Waals surface area contributed by atoms with Crippen molar-refractivity contribution in [3.63, 3.8) is 0 Å². The summed E-state index contributed by atoms with van der Waals surface area (Å²) in [7, 11) is 0. The second-order valence-corrected chi connectivity index (χ2v) is 7.77. The molecule has 0 bridgehead atoms. The monoisotopic (exact) mass is 416 g/mol. The van der Waals surface area contributed by atoms with E-state index in [1.54, 1.807) is 24.5 Å².